The third kappa shape index (κ3) is 8.37. The van der Waals surface area contributed by atoms with E-state index in [4.69, 9.17) is 9.47 Å². The highest BCUT2D eigenvalue weighted by Gasteiger charge is 2.29. The van der Waals surface area contributed by atoms with Crippen molar-refractivity contribution in [2.24, 2.45) is 0 Å². The fourth-order valence-corrected chi connectivity index (χ4v) is 6.38. The fraction of sp³-hybridized carbons (Fsp3) is 0.312. The zero-order chi connectivity index (χ0) is 32.5. The molecule has 13 heteroatoms. The molecule has 0 radical (unpaired) electrons. The number of anilines is 1. The molecule has 0 fully saturated rings. The summed E-state index contributed by atoms with van der Waals surface area (Å²) in [6.45, 7) is 9.08. The van der Waals surface area contributed by atoms with Gasteiger partial charge in [0.1, 0.15) is 9.88 Å². The molecule has 0 saturated heterocycles. The maximum absolute atomic E-state index is 13.5. The van der Waals surface area contributed by atoms with Gasteiger partial charge in [-0.1, -0.05) is 54.2 Å². The van der Waals surface area contributed by atoms with E-state index in [9.17, 15) is 19.2 Å². The second-order valence-corrected chi connectivity index (χ2v) is 12.3. The number of hydrogen-bond donors (Lipinski definition) is 2. The van der Waals surface area contributed by atoms with Gasteiger partial charge in [-0.25, -0.2) is 9.59 Å². The van der Waals surface area contributed by atoms with Crippen molar-refractivity contribution in [2.45, 2.75) is 58.0 Å². The van der Waals surface area contributed by atoms with E-state index in [1.54, 1.807) is 27.7 Å². The molecule has 0 spiro atoms. The molecular formula is C32H35N5O6S2. The minimum Gasteiger partial charge on any atom is -0.462 e. The molecule has 0 saturated carbocycles. The molecule has 1 atom stereocenters. The molecule has 0 unspecified atom stereocenters. The van der Waals surface area contributed by atoms with Crippen molar-refractivity contribution in [1.82, 2.24) is 20.1 Å². The first kappa shape index (κ1) is 33.4. The number of benzene rings is 2. The third-order valence-corrected chi connectivity index (χ3v) is 8.82. The number of thiophene rings is 1. The largest absolute Gasteiger partial charge is 0.462 e. The maximum atomic E-state index is 13.5. The normalized spacial score (nSPS) is 11.5. The van der Waals surface area contributed by atoms with Crippen molar-refractivity contribution in [2.75, 3.05) is 18.5 Å². The standard InChI is InChI=1S/C32H35N5O6S2/c1-6-42-30(40)26-20(4)27(31(41)43-7-2)45-29(26)34-28(39)21(5)44-32-36-35-24(37(32)23-15-11-12-19(3)16-23)18-33-25(38)17-22-13-9-8-10-14-22/h8-16,21H,6-7,17-18H2,1-5H3,(H,33,38)(H,34,39)/t21-/m0/s1. The Balaban J connectivity index is 1.56. The zero-order valence-corrected chi connectivity index (χ0v) is 27.3. The van der Waals surface area contributed by atoms with E-state index in [0.29, 0.717) is 16.5 Å². The Hall–Kier alpha value is -4.49. The van der Waals surface area contributed by atoms with Gasteiger partial charge in [-0.05, 0) is 63.4 Å². The summed E-state index contributed by atoms with van der Waals surface area (Å²) in [7, 11) is 0. The Kier molecular flexibility index (Phi) is 11.5. The molecule has 0 aliphatic rings. The monoisotopic (exact) mass is 649 g/mol. The predicted molar refractivity (Wildman–Crippen MR) is 173 cm³/mol. The molecule has 11 nitrogen and oxygen atoms in total. The molecule has 45 heavy (non-hydrogen) atoms. The van der Waals surface area contributed by atoms with Gasteiger partial charge >= 0.3 is 11.9 Å². The summed E-state index contributed by atoms with van der Waals surface area (Å²) in [5.74, 6) is -1.31. The van der Waals surface area contributed by atoms with E-state index in [0.717, 1.165) is 28.2 Å². The van der Waals surface area contributed by atoms with Crippen LogP contribution >= 0.6 is 23.1 Å². The van der Waals surface area contributed by atoms with Crippen LogP contribution in [0.4, 0.5) is 5.00 Å². The lowest BCUT2D eigenvalue weighted by Gasteiger charge is -2.15. The Bertz CT molecular complexity index is 1680. The smallest absolute Gasteiger partial charge is 0.348 e. The van der Waals surface area contributed by atoms with Crippen LogP contribution in [0.1, 0.15) is 63.3 Å². The van der Waals surface area contributed by atoms with Gasteiger partial charge in [0, 0.05) is 5.69 Å². The van der Waals surface area contributed by atoms with Gasteiger partial charge < -0.3 is 20.1 Å². The number of ether oxygens (including phenoxy) is 2. The molecule has 4 aromatic rings. The van der Waals surface area contributed by atoms with Gasteiger partial charge in [-0.15, -0.1) is 21.5 Å². The molecular weight excluding hydrogens is 615 g/mol. The van der Waals surface area contributed by atoms with E-state index in [1.807, 2.05) is 66.1 Å². The minimum absolute atomic E-state index is 0.118. The van der Waals surface area contributed by atoms with Crippen LogP contribution in [0.25, 0.3) is 5.69 Å². The lowest BCUT2D eigenvalue weighted by atomic mass is 10.1. The van der Waals surface area contributed by atoms with Crippen LogP contribution in [0.5, 0.6) is 0 Å². The van der Waals surface area contributed by atoms with Gasteiger partial charge in [-0.3, -0.25) is 14.2 Å². The highest BCUT2D eigenvalue weighted by Crippen LogP contribution is 2.35. The van der Waals surface area contributed by atoms with Crippen LogP contribution in [-0.4, -0.2) is 57.0 Å². The molecule has 2 amide bonds. The molecule has 0 aliphatic heterocycles. The SMILES string of the molecule is CCOC(=O)c1sc(NC(=O)[C@H](C)Sc2nnc(CNC(=O)Cc3ccccc3)n2-c2cccc(C)c2)c(C(=O)OCC)c1C. The van der Waals surface area contributed by atoms with E-state index in [2.05, 4.69) is 20.8 Å². The third-order valence-electron chi connectivity index (χ3n) is 6.59. The molecule has 0 bridgehead atoms. The van der Waals surface area contributed by atoms with Crippen molar-refractivity contribution < 1.29 is 28.7 Å². The van der Waals surface area contributed by atoms with E-state index >= 15 is 0 Å². The summed E-state index contributed by atoms with van der Waals surface area (Å²) in [6.07, 6.45) is 0.228. The van der Waals surface area contributed by atoms with Gasteiger partial charge in [0.05, 0.1) is 37.0 Å². The van der Waals surface area contributed by atoms with Crippen LogP contribution < -0.4 is 10.6 Å². The number of hydrogen-bond acceptors (Lipinski definition) is 10. The summed E-state index contributed by atoms with van der Waals surface area (Å²) in [4.78, 5) is 51.7. The first-order valence-electron chi connectivity index (χ1n) is 14.4. The number of carbonyl (C=O) groups excluding carboxylic acids is 4. The lowest BCUT2D eigenvalue weighted by Crippen LogP contribution is -2.26. The van der Waals surface area contributed by atoms with Crippen LogP contribution in [0.3, 0.4) is 0 Å². The van der Waals surface area contributed by atoms with Crippen LogP contribution in [-0.2, 0) is 32.0 Å². The highest BCUT2D eigenvalue weighted by atomic mass is 32.2. The maximum Gasteiger partial charge on any atom is 0.348 e. The predicted octanol–water partition coefficient (Wildman–Crippen LogP) is 5.28. The number of carbonyl (C=O) groups is 4. The number of esters is 2. The first-order chi connectivity index (χ1) is 21.6. The average molecular weight is 650 g/mol. The summed E-state index contributed by atoms with van der Waals surface area (Å²) in [5.41, 5.74) is 3.18. The lowest BCUT2D eigenvalue weighted by molar-refractivity contribution is -0.120. The molecule has 236 valence electrons. The summed E-state index contributed by atoms with van der Waals surface area (Å²) >= 11 is 2.13. The summed E-state index contributed by atoms with van der Waals surface area (Å²) < 4.78 is 12.1. The number of rotatable bonds is 13. The van der Waals surface area contributed by atoms with Crippen molar-refractivity contribution in [3.05, 3.63) is 87.6 Å². The minimum atomic E-state index is -0.693. The number of aryl methyl sites for hydroxylation is 1. The van der Waals surface area contributed by atoms with Crippen LogP contribution in [0, 0.1) is 13.8 Å². The number of aromatic nitrogens is 3. The second-order valence-electron chi connectivity index (χ2n) is 9.96. The van der Waals surface area contributed by atoms with E-state index in [-0.39, 0.29) is 47.5 Å². The van der Waals surface area contributed by atoms with E-state index in [1.165, 1.54) is 11.8 Å². The molecule has 2 heterocycles. The Morgan fingerprint density at radius 1 is 0.956 bits per heavy atom. The van der Waals surface area contributed by atoms with Crippen molar-refractivity contribution in [3.8, 4) is 5.69 Å². The number of thioether (sulfide) groups is 1. The van der Waals surface area contributed by atoms with Gasteiger partial charge in [0.15, 0.2) is 11.0 Å². The van der Waals surface area contributed by atoms with Crippen LogP contribution in [0.15, 0.2) is 59.8 Å². The van der Waals surface area contributed by atoms with Gasteiger partial charge in [-0.2, -0.15) is 0 Å². The number of nitrogens with zero attached hydrogens (tertiary/aromatic N) is 3. The highest BCUT2D eigenvalue weighted by molar-refractivity contribution is 8.00. The zero-order valence-electron chi connectivity index (χ0n) is 25.7. The quantitative estimate of drug-likeness (QED) is 0.146. The van der Waals surface area contributed by atoms with Crippen molar-refractivity contribution in [1.29, 1.82) is 0 Å². The number of amides is 2. The van der Waals surface area contributed by atoms with E-state index < -0.39 is 23.1 Å². The average Bonchev–Trinajstić information content (AvgIpc) is 3.56. The Morgan fingerprint density at radius 2 is 1.67 bits per heavy atom. The molecule has 2 N–H and O–H groups in total. The molecule has 4 rings (SSSR count). The first-order valence-corrected chi connectivity index (χ1v) is 16.1. The molecule has 2 aromatic heterocycles. The molecule has 0 aliphatic carbocycles. The fourth-order valence-electron chi connectivity index (χ4n) is 4.41. The van der Waals surface area contributed by atoms with Gasteiger partial charge in [0.2, 0.25) is 11.8 Å². The molecule has 2 aromatic carbocycles. The Morgan fingerprint density at radius 3 is 2.36 bits per heavy atom. The summed E-state index contributed by atoms with van der Waals surface area (Å²) in [6, 6.07) is 17.2. The second kappa shape index (κ2) is 15.5. The van der Waals surface area contributed by atoms with Gasteiger partial charge in [0.25, 0.3) is 0 Å². The summed E-state index contributed by atoms with van der Waals surface area (Å²) in [5, 5.41) is 14.4. The van der Waals surface area contributed by atoms with Crippen molar-refractivity contribution in [3.63, 3.8) is 0 Å². The van der Waals surface area contributed by atoms with Crippen LogP contribution in [0.2, 0.25) is 0 Å². The van der Waals surface area contributed by atoms with Crippen molar-refractivity contribution >= 4 is 51.9 Å². The topological polar surface area (TPSA) is 142 Å². The Labute approximate surface area is 269 Å². The number of nitrogens with one attached hydrogen (secondary N) is 2.